The summed E-state index contributed by atoms with van der Waals surface area (Å²) in [6.07, 6.45) is 2.13. The molecule has 0 unspecified atom stereocenters. The Hall–Kier alpha value is -3.71. The van der Waals surface area contributed by atoms with Crippen LogP contribution in [-0.4, -0.2) is 17.7 Å². The number of hydrogen-bond acceptors (Lipinski definition) is 3. The maximum atomic E-state index is 11.1. The molecule has 0 saturated carbocycles. The molecule has 3 rings (SSSR count). The Kier molecular flexibility index (Phi) is 9.17. The van der Waals surface area contributed by atoms with E-state index in [0.717, 1.165) is 53.2 Å². The maximum absolute atomic E-state index is 11.1. The standard InChI is InChI=1S/C30H32O4/c1-4-6-18-33-29-17-8-22(3)19-28(29)25-11-9-23(10-12-25)21-34-27-15-13-24(14-16-27)26(7-5-2)20-30(31)32/h8-17,19,26H,4,6,18,20-21H2,1-3H3,(H,31,32)/t26-/m0/s1. The summed E-state index contributed by atoms with van der Waals surface area (Å²) < 4.78 is 12.0. The second-order valence-corrected chi connectivity index (χ2v) is 8.30. The number of benzene rings is 3. The Morgan fingerprint density at radius 1 is 1.00 bits per heavy atom. The number of carboxylic acid groups (broad SMARTS) is 1. The van der Waals surface area contributed by atoms with Crippen molar-refractivity contribution < 1.29 is 19.4 Å². The van der Waals surface area contributed by atoms with Crippen molar-refractivity contribution in [2.75, 3.05) is 6.61 Å². The minimum absolute atomic E-state index is 0.0142. The fourth-order valence-corrected chi connectivity index (χ4v) is 3.67. The second-order valence-electron chi connectivity index (χ2n) is 8.30. The molecular formula is C30H32O4. The summed E-state index contributed by atoms with van der Waals surface area (Å²) in [5.74, 6) is 6.25. The van der Waals surface area contributed by atoms with Crippen LogP contribution >= 0.6 is 0 Å². The summed E-state index contributed by atoms with van der Waals surface area (Å²) in [6.45, 7) is 7.13. The van der Waals surface area contributed by atoms with Gasteiger partial charge in [-0.15, -0.1) is 5.92 Å². The molecular weight excluding hydrogens is 424 g/mol. The van der Waals surface area contributed by atoms with Crippen LogP contribution in [0.5, 0.6) is 11.5 Å². The molecule has 176 valence electrons. The van der Waals surface area contributed by atoms with Gasteiger partial charge in [-0.3, -0.25) is 4.79 Å². The molecule has 34 heavy (non-hydrogen) atoms. The fourth-order valence-electron chi connectivity index (χ4n) is 3.67. The molecule has 0 saturated heterocycles. The van der Waals surface area contributed by atoms with Gasteiger partial charge in [-0.05, 0) is 61.2 Å². The van der Waals surface area contributed by atoms with Crippen molar-refractivity contribution in [2.45, 2.75) is 52.6 Å². The van der Waals surface area contributed by atoms with Gasteiger partial charge >= 0.3 is 5.97 Å². The molecule has 0 fully saturated rings. The van der Waals surface area contributed by atoms with Gasteiger partial charge < -0.3 is 14.6 Å². The zero-order valence-electron chi connectivity index (χ0n) is 20.1. The first-order chi connectivity index (χ1) is 16.5. The molecule has 0 amide bonds. The van der Waals surface area contributed by atoms with E-state index in [1.54, 1.807) is 6.92 Å². The Labute approximate surface area is 202 Å². The number of unbranched alkanes of at least 4 members (excludes halogenated alkanes) is 1. The van der Waals surface area contributed by atoms with E-state index in [1.807, 2.05) is 30.3 Å². The van der Waals surface area contributed by atoms with E-state index in [1.165, 1.54) is 5.56 Å². The van der Waals surface area contributed by atoms with Crippen LogP contribution in [-0.2, 0) is 11.4 Å². The number of carboxylic acids is 1. The van der Waals surface area contributed by atoms with Crippen LogP contribution in [0.2, 0.25) is 0 Å². The normalized spacial score (nSPS) is 11.3. The van der Waals surface area contributed by atoms with Crippen molar-refractivity contribution in [1.29, 1.82) is 0 Å². The Morgan fingerprint density at radius 2 is 1.74 bits per heavy atom. The summed E-state index contributed by atoms with van der Waals surface area (Å²) in [7, 11) is 0. The van der Waals surface area contributed by atoms with Crippen LogP contribution in [0.15, 0.2) is 66.7 Å². The number of aliphatic carboxylic acids is 1. The third-order valence-corrected chi connectivity index (χ3v) is 5.54. The minimum atomic E-state index is -0.859. The zero-order chi connectivity index (χ0) is 24.3. The topological polar surface area (TPSA) is 55.8 Å². The predicted octanol–water partition coefficient (Wildman–Crippen LogP) is 7.00. The van der Waals surface area contributed by atoms with Gasteiger partial charge in [-0.2, -0.15) is 0 Å². The van der Waals surface area contributed by atoms with Gasteiger partial charge in [0, 0.05) is 5.56 Å². The van der Waals surface area contributed by atoms with E-state index in [0.29, 0.717) is 6.61 Å². The van der Waals surface area contributed by atoms with E-state index < -0.39 is 5.97 Å². The SMILES string of the molecule is CC#C[C@@H](CC(=O)O)c1ccc(OCc2ccc(-c3cc(C)ccc3OCCCC)cc2)cc1. The number of rotatable bonds is 11. The van der Waals surface area contributed by atoms with Crippen LogP contribution < -0.4 is 9.47 Å². The van der Waals surface area contributed by atoms with Gasteiger partial charge in [0.1, 0.15) is 18.1 Å². The quantitative estimate of drug-likeness (QED) is 0.249. The largest absolute Gasteiger partial charge is 0.493 e. The van der Waals surface area contributed by atoms with E-state index in [2.05, 4.69) is 62.1 Å². The summed E-state index contributed by atoms with van der Waals surface area (Å²) in [5, 5.41) is 9.11. The lowest BCUT2D eigenvalue weighted by Crippen LogP contribution is -2.04. The smallest absolute Gasteiger partial charge is 0.304 e. The molecule has 0 radical (unpaired) electrons. The van der Waals surface area contributed by atoms with Crippen molar-refractivity contribution in [3.05, 3.63) is 83.4 Å². The molecule has 1 N–H and O–H groups in total. The minimum Gasteiger partial charge on any atom is -0.493 e. The molecule has 3 aromatic rings. The predicted molar refractivity (Wildman–Crippen MR) is 136 cm³/mol. The number of aryl methyl sites for hydroxylation is 1. The Morgan fingerprint density at radius 3 is 2.38 bits per heavy atom. The number of ether oxygens (including phenoxy) is 2. The molecule has 1 atom stereocenters. The Bertz CT molecular complexity index is 1140. The molecule has 0 aliphatic heterocycles. The molecule has 3 aromatic carbocycles. The van der Waals surface area contributed by atoms with Crippen molar-refractivity contribution in [3.63, 3.8) is 0 Å². The van der Waals surface area contributed by atoms with E-state index >= 15 is 0 Å². The first-order valence-corrected chi connectivity index (χ1v) is 11.7. The average Bonchev–Trinajstić information content (AvgIpc) is 2.84. The molecule has 0 bridgehead atoms. The van der Waals surface area contributed by atoms with Crippen molar-refractivity contribution in [2.24, 2.45) is 0 Å². The zero-order valence-corrected chi connectivity index (χ0v) is 20.1. The molecule has 0 spiro atoms. The highest BCUT2D eigenvalue weighted by Gasteiger charge is 2.13. The highest BCUT2D eigenvalue weighted by Crippen LogP contribution is 2.32. The third-order valence-electron chi connectivity index (χ3n) is 5.54. The lowest BCUT2D eigenvalue weighted by Gasteiger charge is -2.13. The highest BCUT2D eigenvalue weighted by molar-refractivity contribution is 5.71. The van der Waals surface area contributed by atoms with Gasteiger partial charge in [0.25, 0.3) is 0 Å². The van der Waals surface area contributed by atoms with Crippen molar-refractivity contribution in [1.82, 2.24) is 0 Å². The lowest BCUT2D eigenvalue weighted by molar-refractivity contribution is -0.137. The molecule has 0 aromatic heterocycles. The first kappa shape index (κ1) is 24.9. The monoisotopic (exact) mass is 456 g/mol. The van der Waals surface area contributed by atoms with Crippen LogP contribution in [0.25, 0.3) is 11.1 Å². The van der Waals surface area contributed by atoms with E-state index in [-0.39, 0.29) is 12.3 Å². The molecule has 4 nitrogen and oxygen atoms in total. The molecule has 0 heterocycles. The second kappa shape index (κ2) is 12.5. The van der Waals surface area contributed by atoms with Gasteiger partial charge in [0.15, 0.2) is 0 Å². The van der Waals surface area contributed by atoms with Crippen LogP contribution in [0.1, 0.15) is 55.7 Å². The molecule has 0 aliphatic carbocycles. The molecule has 0 aliphatic rings. The summed E-state index contributed by atoms with van der Waals surface area (Å²) >= 11 is 0. The maximum Gasteiger partial charge on any atom is 0.304 e. The number of hydrogen-bond donors (Lipinski definition) is 1. The van der Waals surface area contributed by atoms with Crippen LogP contribution in [0.4, 0.5) is 0 Å². The van der Waals surface area contributed by atoms with Gasteiger partial charge in [0.05, 0.1) is 18.9 Å². The van der Waals surface area contributed by atoms with Gasteiger partial charge in [-0.25, -0.2) is 0 Å². The first-order valence-electron chi connectivity index (χ1n) is 11.7. The average molecular weight is 457 g/mol. The fraction of sp³-hybridized carbons (Fsp3) is 0.300. The number of carbonyl (C=O) groups is 1. The van der Waals surface area contributed by atoms with Gasteiger partial charge in [-0.1, -0.05) is 67.3 Å². The third kappa shape index (κ3) is 7.15. The summed E-state index contributed by atoms with van der Waals surface area (Å²) in [5.41, 5.74) is 5.36. The van der Waals surface area contributed by atoms with Crippen molar-refractivity contribution >= 4 is 5.97 Å². The van der Waals surface area contributed by atoms with Crippen LogP contribution in [0, 0.1) is 18.8 Å². The van der Waals surface area contributed by atoms with Gasteiger partial charge in [0.2, 0.25) is 0 Å². The highest BCUT2D eigenvalue weighted by atomic mass is 16.5. The molecule has 4 heteroatoms. The summed E-state index contributed by atoms with van der Waals surface area (Å²) in [6, 6.07) is 22.1. The van der Waals surface area contributed by atoms with E-state index in [4.69, 9.17) is 14.6 Å². The van der Waals surface area contributed by atoms with E-state index in [9.17, 15) is 4.79 Å². The lowest BCUT2D eigenvalue weighted by atomic mass is 9.96. The van der Waals surface area contributed by atoms with Crippen molar-refractivity contribution in [3.8, 4) is 34.5 Å². The van der Waals surface area contributed by atoms with Crippen LogP contribution in [0.3, 0.4) is 0 Å². The Balaban J connectivity index is 1.65. The summed E-state index contributed by atoms with van der Waals surface area (Å²) in [4.78, 5) is 11.1.